The first-order chi connectivity index (χ1) is 19.3. The Kier molecular flexibility index (Phi) is 32.8. The van der Waals surface area contributed by atoms with Crippen LogP contribution in [0.15, 0.2) is 24.8 Å². The van der Waals surface area contributed by atoms with Crippen LogP contribution in [0.2, 0.25) is 12.6 Å². The zero-order valence-corrected chi connectivity index (χ0v) is 25.5. The Hall–Kier alpha value is -3.03. The van der Waals surface area contributed by atoms with E-state index in [-0.39, 0.29) is 63.3 Å². The summed E-state index contributed by atoms with van der Waals surface area (Å²) in [4.78, 5) is 65.0. The van der Waals surface area contributed by atoms with Crippen LogP contribution >= 0.6 is 0 Å². The van der Waals surface area contributed by atoms with Gasteiger partial charge in [0.2, 0.25) is 0 Å². The molecule has 14 heteroatoms. The van der Waals surface area contributed by atoms with Gasteiger partial charge in [0.05, 0.1) is 24.4 Å². The molecule has 2 heterocycles. The molecule has 0 unspecified atom stereocenters. The third-order valence-corrected chi connectivity index (χ3v) is 5.43. The molecule has 2 aliphatic heterocycles. The van der Waals surface area contributed by atoms with Gasteiger partial charge in [0, 0.05) is 12.6 Å². The van der Waals surface area contributed by atoms with Gasteiger partial charge < -0.3 is 18.6 Å². The molecule has 2 saturated heterocycles. The quantitative estimate of drug-likeness (QED) is 0.301. The minimum Gasteiger partial charge on any atom is -0.405 e. The lowest BCUT2D eigenvalue weighted by Gasteiger charge is -2.24. The molecular weight excluding hydrogens is 538 g/mol. The summed E-state index contributed by atoms with van der Waals surface area (Å²) < 4.78 is 23.5. The van der Waals surface area contributed by atoms with E-state index in [4.69, 9.17) is 57.0 Å². The van der Waals surface area contributed by atoms with E-state index >= 15 is 0 Å². The Morgan fingerprint density at radius 3 is 0.951 bits per heavy atom. The van der Waals surface area contributed by atoms with Crippen molar-refractivity contribution in [3.63, 3.8) is 0 Å². The van der Waals surface area contributed by atoms with E-state index in [2.05, 4.69) is 68.0 Å². The maximum absolute atomic E-state index is 8.12. The molecular formula is C27H44B2O12. The van der Waals surface area contributed by atoms with Crippen molar-refractivity contribution in [2.24, 2.45) is 23.7 Å². The maximum Gasteiger partial charge on any atom is 0.461 e. The highest BCUT2D eigenvalue weighted by Crippen LogP contribution is 2.30. The second-order valence-electron chi connectivity index (χ2n) is 9.90. The summed E-state index contributed by atoms with van der Waals surface area (Å²) in [6, 6.07) is 0. The Labute approximate surface area is 243 Å². The largest absolute Gasteiger partial charge is 0.461 e. The summed E-state index contributed by atoms with van der Waals surface area (Å²) in [6.45, 7) is 23.2. The predicted octanol–water partition coefficient (Wildman–Crippen LogP) is 3.57. The fourth-order valence-corrected chi connectivity index (χ4v) is 3.83. The van der Waals surface area contributed by atoms with Crippen molar-refractivity contribution in [3.05, 3.63) is 24.8 Å². The average Bonchev–Trinajstić information content (AvgIpc) is 3.51. The van der Waals surface area contributed by atoms with Crippen LogP contribution in [0.25, 0.3) is 0 Å². The molecule has 0 N–H and O–H groups in total. The SMILES string of the molecule is C/C=C/CB1O[C@H](C(C)C)[C@@H](C(C)C)O1.C=CCB1O[C@H](C(C)C)[C@@H](C(C)C)O1.O=C=O.O=C=O.O=C=O.O=C=O. The molecule has 41 heavy (non-hydrogen) atoms. The van der Waals surface area contributed by atoms with E-state index < -0.39 is 0 Å². The Morgan fingerprint density at radius 1 is 0.561 bits per heavy atom. The summed E-state index contributed by atoms with van der Waals surface area (Å²) in [7, 11) is -0.117. The van der Waals surface area contributed by atoms with Gasteiger partial charge in [-0.2, -0.15) is 38.4 Å². The zero-order valence-electron chi connectivity index (χ0n) is 25.5. The smallest absolute Gasteiger partial charge is 0.405 e. The second kappa shape index (κ2) is 29.9. The highest BCUT2D eigenvalue weighted by molar-refractivity contribution is 6.46. The molecule has 0 radical (unpaired) electrons. The molecule has 0 spiro atoms. The van der Waals surface area contributed by atoms with Gasteiger partial charge in [0.1, 0.15) is 0 Å². The van der Waals surface area contributed by atoms with Gasteiger partial charge in [-0.3, -0.25) is 0 Å². The number of hydrogen-bond donors (Lipinski definition) is 0. The van der Waals surface area contributed by atoms with E-state index in [1.807, 2.05) is 19.1 Å². The number of allylic oxidation sites excluding steroid dienone is 3. The van der Waals surface area contributed by atoms with Crippen LogP contribution in [0.1, 0.15) is 62.3 Å². The molecule has 2 aliphatic rings. The highest BCUT2D eigenvalue weighted by atomic mass is 16.7. The molecule has 0 aliphatic carbocycles. The number of hydrogen-bond acceptors (Lipinski definition) is 12. The predicted molar refractivity (Wildman–Crippen MR) is 145 cm³/mol. The summed E-state index contributed by atoms with van der Waals surface area (Å²) in [5, 5.41) is 0. The Balaban J connectivity index is -0.000000242. The van der Waals surface area contributed by atoms with Gasteiger partial charge in [-0.05, 0) is 30.6 Å². The van der Waals surface area contributed by atoms with Crippen LogP contribution in [0, 0.1) is 23.7 Å². The standard InChI is InChI=1S/C12H23BO2.C11H21BO2.4CO2/c1-6-7-8-13-14-11(9(2)3)12(15-13)10(4)5;1-6-7-12-13-10(8(2)3)11(14-12)9(4)5;4*2-1-3/h6-7,9-12H,8H2,1-5H3;6,8-11H,1,7H2,2-5H3;;;;/b7-6+;;;;;/t11-,12-;10-,11-;;;;/m11..../s1. The monoisotopic (exact) mass is 582 g/mol. The van der Waals surface area contributed by atoms with E-state index in [1.54, 1.807) is 0 Å². The van der Waals surface area contributed by atoms with Crippen LogP contribution in [-0.4, -0.2) is 63.3 Å². The van der Waals surface area contributed by atoms with E-state index in [0.29, 0.717) is 23.7 Å². The molecule has 0 aromatic rings. The fraction of sp³-hybridized carbons (Fsp3) is 0.704. The first kappa shape index (κ1) is 45.0. The topological polar surface area (TPSA) is 173 Å². The van der Waals surface area contributed by atoms with Gasteiger partial charge in [-0.25, -0.2) is 0 Å². The van der Waals surface area contributed by atoms with Crippen molar-refractivity contribution in [3.8, 4) is 0 Å². The molecule has 2 fully saturated rings. The van der Waals surface area contributed by atoms with Crippen molar-refractivity contribution in [1.82, 2.24) is 0 Å². The Bertz CT molecular complexity index is 740. The molecule has 4 atom stereocenters. The summed E-state index contributed by atoms with van der Waals surface area (Å²) >= 11 is 0. The average molecular weight is 582 g/mol. The Morgan fingerprint density at radius 2 is 0.780 bits per heavy atom. The van der Waals surface area contributed by atoms with Crippen LogP contribution in [0.5, 0.6) is 0 Å². The third kappa shape index (κ3) is 23.4. The minimum atomic E-state index is -0.0766. The number of rotatable bonds is 8. The fourth-order valence-electron chi connectivity index (χ4n) is 3.83. The molecule has 0 aromatic carbocycles. The van der Waals surface area contributed by atoms with E-state index in [9.17, 15) is 0 Å². The molecule has 0 aromatic heterocycles. The minimum absolute atomic E-state index is 0.0407. The van der Waals surface area contributed by atoms with Crippen molar-refractivity contribution in [1.29, 1.82) is 0 Å². The van der Waals surface area contributed by atoms with Crippen LogP contribution < -0.4 is 0 Å². The first-order valence-electron chi connectivity index (χ1n) is 13.1. The van der Waals surface area contributed by atoms with Crippen molar-refractivity contribution in [2.45, 2.75) is 99.4 Å². The molecule has 12 nitrogen and oxygen atoms in total. The molecule has 0 saturated carbocycles. The normalized spacial score (nSPS) is 20.3. The maximum atomic E-state index is 8.12. The zero-order chi connectivity index (χ0) is 33.0. The second-order valence-corrected chi connectivity index (χ2v) is 9.90. The van der Waals surface area contributed by atoms with Gasteiger partial charge >= 0.3 is 38.8 Å². The third-order valence-electron chi connectivity index (χ3n) is 5.43. The summed E-state index contributed by atoms with van der Waals surface area (Å²) in [5.41, 5.74) is 0. The molecule has 0 bridgehead atoms. The lowest BCUT2D eigenvalue weighted by Crippen LogP contribution is -2.31. The number of carbonyl (C=O) groups excluding carboxylic acids is 8. The van der Waals surface area contributed by atoms with Gasteiger partial charge in [0.15, 0.2) is 0 Å². The van der Waals surface area contributed by atoms with Gasteiger partial charge in [-0.15, -0.1) is 6.58 Å². The van der Waals surface area contributed by atoms with Crippen LogP contribution in [-0.2, 0) is 57.0 Å². The highest BCUT2D eigenvalue weighted by Gasteiger charge is 2.42. The van der Waals surface area contributed by atoms with Crippen LogP contribution in [0.4, 0.5) is 0 Å². The summed E-state index contributed by atoms with van der Waals surface area (Å²) in [6.07, 6.45) is 9.62. The van der Waals surface area contributed by atoms with E-state index in [0.717, 1.165) is 12.6 Å². The molecule has 0 amide bonds. The summed E-state index contributed by atoms with van der Waals surface area (Å²) in [5.74, 6) is 2.07. The lowest BCUT2D eigenvalue weighted by molar-refractivity contribution is -0.193. The lowest BCUT2D eigenvalue weighted by atomic mass is 9.85. The molecule has 230 valence electrons. The van der Waals surface area contributed by atoms with Crippen LogP contribution in [0.3, 0.4) is 0 Å². The first-order valence-corrected chi connectivity index (χ1v) is 13.1. The van der Waals surface area contributed by atoms with Gasteiger partial charge in [0.25, 0.3) is 0 Å². The molecule has 2 rings (SSSR count). The van der Waals surface area contributed by atoms with E-state index in [1.165, 1.54) is 0 Å². The van der Waals surface area contributed by atoms with Crippen molar-refractivity contribution >= 4 is 38.8 Å². The van der Waals surface area contributed by atoms with Gasteiger partial charge in [-0.1, -0.05) is 73.6 Å². The van der Waals surface area contributed by atoms with Crippen molar-refractivity contribution in [2.75, 3.05) is 0 Å². The van der Waals surface area contributed by atoms with Crippen molar-refractivity contribution < 1.29 is 57.0 Å².